The van der Waals surface area contributed by atoms with Gasteiger partial charge in [-0.25, -0.2) is 0 Å². The van der Waals surface area contributed by atoms with Gasteiger partial charge in [0.05, 0.1) is 17.8 Å². The van der Waals surface area contributed by atoms with E-state index in [-0.39, 0.29) is 0 Å². The van der Waals surface area contributed by atoms with Crippen LogP contribution in [0.3, 0.4) is 0 Å². The molecule has 1 aromatic carbocycles. The highest BCUT2D eigenvalue weighted by Gasteiger charge is 2.08. The van der Waals surface area contributed by atoms with Gasteiger partial charge in [0.1, 0.15) is 5.75 Å². The first kappa shape index (κ1) is 15.4. The molecule has 0 bridgehead atoms. The van der Waals surface area contributed by atoms with Crippen LogP contribution in [0, 0.1) is 4.77 Å². The average molecular weight is 420 g/mol. The maximum absolute atomic E-state index is 5.37. The molecule has 0 amide bonds. The second-order valence-electron chi connectivity index (χ2n) is 3.87. The first-order valence-corrected chi connectivity index (χ1v) is 7.80. The Labute approximate surface area is 138 Å². The minimum atomic E-state index is 0.464. The Kier molecular flexibility index (Phi) is 5.11. The molecule has 20 heavy (non-hydrogen) atoms. The Morgan fingerprint density at radius 1 is 1.50 bits per heavy atom. The lowest BCUT2D eigenvalue weighted by molar-refractivity contribution is 0.411. The van der Waals surface area contributed by atoms with E-state index in [4.69, 9.17) is 17.0 Å². The monoisotopic (exact) mass is 418 g/mol. The lowest BCUT2D eigenvalue weighted by Gasteiger charge is -2.07. The van der Waals surface area contributed by atoms with Crippen LogP contribution >= 0.6 is 44.1 Å². The van der Waals surface area contributed by atoms with Crippen LogP contribution in [0.2, 0.25) is 0 Å². The Balaban J connectivity index is 2.46. The third-order valence-electron chi connectivity index (χ3n) is 2.59. The Bertz CT molecular complexity index is 708. The summed E-state index contributed by atoms with van der Waals surface area (Å²) in [7, 11) is 1.62. The van der Waals surface area contributed by atoms with Crippen molar-refractivity contribution in [1.29, 1.82) is 0 Å². The first-order valence-electron chi connectivity index (χ1n) is 5.80. The molecule has 0 unspecified atom stereocenters. The molecule has 1 aromatic heterocycles. The maximum Gasteiger partial charge on any atom is 0.216 e. The average Bonchev–Trinajstić information content (AvgIpc) is 2.76. The summed E-state index contributed by atoms with van der Waals surface area (Å²) in [5.41, 5.74) is 0.832. The second-order valence-corrected chi connectivity index (χ2v) is 6.02. The standard InChI is InChI=1S/C12H12Br2N4OS/c1-3-10-16-17-12(20)18(10)15-6-7-4-8(13)5-9(14)11(7)19-2/h4-6H,3H2,1-2H3,(H,17,20)/b15-6-. The highest BCUT2D eigenvalue weighted by molar-refractivity contribution is 9.11. The molecular formula is C12H12Br2N4OS. The van der Waals surface area contributed by atoms with E-state index in [9.17, 15) is 0 Å². The molecule has 0 spiro atoms. The second kappa shape index (κ2) is 6.64. The number of nitrogens with zero attached hydrogens (tertiary/aromatic N) is 3. The van der Waals surface area contributed by atoms with Crippen LogP contribution in [0.1, 0.15) is 18.3 Å². The SMILES string of the molecule is CCc1n[nH]c(=S)n1/N=C\c1cc(Br)cc(Br)c1OC. The van der Waals surface area contributed by atoms with Gasteiger partial charge in [-0.2, -0.15) is 14.9 Å². The summed E-state index contributed by atoms with van der Waals surface area (Å²) in [6.45, 7) is 1.99. The van der Waals surface area contributed by atoms with E-state index in [1.807, 2.05) is 19.1 Å². The summed E-state index contributed by atoms with van der Waals surface area (Å²) in [5, 5.41) is 11.2. The van der Waals surface area contributed by atoms with Crippen molar-refractivity contribution in [3.8, 4) is 5.75 Å². The van der Waals surface area contributed by atoms with Crippen LogP contribution in [-0.2, 0) is 6.42 Å². The smallest absolute Gasteiger partial charge is 0.216 e. The number of nitrogens with one attached hydrogen (secondary N) is 1. The topological polar surface area (TPSA) is 55.2 Å². The van der Waals surface area contributed by atoms with Crippen LogP contribution in [-0.4, -0.2) is 28.2 Å². The van der Waals surface area contributed by atoms with E-state index in [0.717, 1.165) is 26.8 Å². The molecule has 106 valence electrons. The molecule has 0 aliphatic carbocycles. The first-order chi connectivity index (χ1) is 9.56. The van der Waals surface area contributed by atoms with Crippen molar-refractivity contribution in [3.63, 3.8) is 0 Å². The molecule has 0 aliphatic rings. The molecule has 8 heteroatoms. The number of aryl methyl sites for hydroxylation is 1. The minimum Gasteiger partial charge on any atom is -0.495 e. The fraction of sp³-hybridized carbons (Fsp3) is 0.250. The third kappa shape index (κ3) is 3.18. The van der Waals surface area contributed by atoms with Gasteiger partial charge >= 0.3 is 0 Å². The number of aromatic nitrogens is 3. The molecule has 0 radical (unpaired) electrons. The lowest BCUT2D eigenvalue weighted by Crippen LogP contribution is -1.99. The lowest BCUT2D eigenvalue weighted by atomic mass is 10.2. The predicted molar refractivity (Wildman–Crippen MR) is 88.2 cm³/mol. The number of aromatic amines is 1. The van der Waals surface area contributed by atoms with Gasteiger partial charge in [-0.3, -0.25) is 5.10 Å². The van der Waals surface area contributed by atoms with Crippen molar-refractivity contribution in [3.05, 3.63) is 37.2 Å². The molecule has 0 atom stereocenters. The van der Waals surface area contributed by atoms with Crippen molar-refractivity contribution >= 4 is 50.3 Å². The van der Waals surface area contributed by atoms with E-state index in [0.29, 0.717) is 10.5 Å². The summed E-state index contributed by atoms with van der Waals surface area (Å²) in [6, 6.07) is 3.83. The molecule has 0 saturated carbocycles. The van der Waals surface area contributed by atoms with Crippen molar-refractivity contribution in [2.24, 2.45) is 5.10 Å². The molecule has 0 aliphatic heterocycles. The van der Waals surface area contributed by atoms with Crippen LogP contribution in [0.15, 0.2) is 26.2 Å². The van der Waals surface area contributed by atoms with Gasteiger partial charge in [0.25, 0.3) is 0 Å². The number of benzene rings is 1. The van der Waals surface area contributed by atoms with Crippen LogP contribution in [0.4, 0.5) is 0 Å². The number of halogens is 2. The van der Waals surface area contributed by atoms with Gasteiger partial charge in [-0.05, 0) is 40.3 Å². The number of methoxy groups -OCH3 is 1. The summed E-state index contributed by atoms with van der Waals surface area (Å²) < 4.78 is 9.21. The summed E-state index contributed by atoms with van der Waals surface area (Å²) in [5.74, 6) is 1.49. The van der Waals surface area contributed by atoms with E-state index in [1.165, 1.54) is 0 Å². The summed E-state index contributed by atoms with van der Waals surface area (Å²) >= 11 is 12.1. The normalized spacial score (nSPS) is 11.2. The van der Waals surface area contributed by atoms with E-state index in [2.05, 4.69) is 47.2 Å². The third-order valence-corrected chi connectivity index (χ3v) is 3.90. The predicted octanol–water partition coefficient (Wildman–Crippen LogP) is 3.92. The van der Waals surface area contributed by atoms with Gasteiger partial charge in [-0.15, -0.1) is 0 Å². The molecule has 2 aromatic rings. The molecule has 2 rings (SSSR count). The van der Waals surface area contributed by atoms with Gasteiger partial charge in [0, 0.05) is 16.5 Å². The zero-order valence-electron chi connectivity index (χ0n) is 10.9. The highest BCUT2D eigenvalue weighted by atomic mass is 79.9. The van der Waals surface area contributed by atoms with Crippen molar-refractivity contribution < 1.29 is 4.74 Å². The Morgan fingerprint density at radius 3 is 2.90 bits per heavy atom. The van der Waals surface area contributed by atoms with Crippen LogP contribution in [0.5, 0.6) is 5.75 Å². The number of hydrogen-bond donors (Lipinski definition) is 1. The summed E-state index contributed by atoms with van der Waals surface area (Å²) in [6.07, 6.45) is 2.43. The molecule has 1 heterocycles. The molecule has 5 nitrogen and oxygen atoms in total. The van der Waals surface area contributed by atoms with E-state index in [1.54, 1.807) is 18.0 Å². The molecule has 0 saturated heterocycles. The highest BCUT2D eigenvalue weighted by Crippen LogP contribution is 2.31. The van der Waals surface area contributed by atoms with Crippen LogP contribution in [0.25, 0.3) is 0 Å². The molecule has 0 fully saturated rings. The van der Waals surface area contributed by atoms with Gasteiger partial charge in [0.15, 0.2) is 5.82 Å². The number of ether oxygens (including phenoxy) is 1. The number of hydrogen-bond acceptors (Lipinski definition) is 4. The Morgan fingerprint density at radius 2 is 2.25 bits per heavy atom. The quantitative estimate of drug-likeness (QED) is 0.603. The van der Waals surface area contributed by atoms with Crippen LogP contribution < -0.4 is 4.74 Å². The number of rotatable bonds is 4. The van der Waals surface area contributed by atoms with Gasteiger partial charge in [0.2, 0.25) is 4.77 Å². The largest absolute Gasteiger partial charge is 0.495 e. The fourth-order valence-electron chi connectivity index (χ4n) is 1.68. The minimum absolute atomic E-state index is 0.464. The van der Waals surface area contributed by atoms with Gasteiger partial charge in [-0.1, -0.05) is 22.9 Å². The summed E-state index contributed by atoms with van der Waals surface area (Å²) in [4.78, 5) is 0. The van der Waals surface area contributed by atoms with E-state index < -0.39 is 0 Å². The zero-order valence-corrected chi connectivity index (χ0v) is 14.8. The Hall–Kier alpha value is -0.990. The van der Waals surface area contributed by atoms with Crippen molar-refractivity contribution in [2.45, 2.75) is 13.3 Å². The molecular weight excluding hydrogens is 408 g/mol. The zero-order chi connectivity index (χ0) is 14.7. The maximum atomic E-state index is 5.37. The van der Waals surface area contributed by atoms with Gasteiger partial charge < -0.3 is 4.74 Å². The van der Waals surface area contributed by atoms with E-state index >= 15 is 0 Å². The fourth-order valence-corrected chi connectivity index (χ4v) is 3.30. The number of H-pyrrole nitrogens is 1. The van der Waals surface area contributed by atoms with Crippen molar-refractivity contribution in [1.82, 2.24) is 14.9 Å². The molecule has 1 N–H and O–H groups in total. The van der Waals surface area contributed by atoms with Crippen molar-refractivity contribution in [2.75, 3.05) is 7.11 Å².